The molecule has 1 saturated heterocycles. The highest BCUT2D eigenvalue weighted by Crippen LogP contribution is 2.25. The molecular weight excluding hydrogens is 260 g/mol. The molecule has 0 bridgehead atoms. The molecule has 4 nitrogen and oxygen atoms in total. The zero-order valence-corrected chi connectivity index (χ0v) is 12.2. The number of amides is 1. The second kappa shape index (κ2) is 6.82. The van der Waals surface area contributed by atoms with Gasteiger partial charge in [0.05, 0.1) is 12.8 Å². The molecule has 2 N–H and O–H groups in total. The van der Waals surface area contributed by atoms with Crippen LogP contribution in [0.25, 0.3) is 0 Å². The van der Waals surface area contributed by atoms with Crippen LogP contribution in [-0.4, -0.2) is 37.1 Å². The first kappa shape index (κ1) is 14.2. The van der Waals surface area contributed by atoms with Crippen molar-refractivity contribution in [3.63, 3.8) is 0 Å². The average Bonchev–Trinajstić information content (AvgIpc) is 2.42. The third-order valence-electron chi connectivity index (χ3n) is 3.06. The van der Waals surface area contributed by atoms with E-state index in [4.69, 9.17) is 4.74 Å². The molecule has 0 saturated carbocycles. The monoisotopic (exact) mass is 280 g/mol. The minimum absolute atomic E-state index is 0.0298. The van der Waals surface area contributed by atoms with E-state index in [9.17, 15) is 4.79 Å². The fourth-order valence-corrected chi connectivity index (χ4v) is 3.03. The summed E-state index contributed by atoms with van der Waals surface area (Å²) in [5.41, 5.74) is 1.85. The average molecular weight is 280 g/mol. The van der Waals surface area contributed by atoms with Crippen molar-refractivity contribution >= 4 is 23.4 Å². The molecule has 1 aliphatic heterocycles. The minimum atomic E-state index is 0.0298. The molecule has 1 atom stereocenters. The number of thioether (sulfide) groups is 1. The highest BCUT2D eigenvalue weighted by atomic mass is 32.2. The lowest BCUT2D eigenvalue weighted by molar-refractivity contribution is -0.116. The first-order chi connectivity index (χ1) is 9.19. The van der Waals surface area contributed by atoms with Crippen molar-refractivity contribution in [1.29, 1.82) is 0 Å². The molecule has 1 fully saturated rings. The van der Waals surface area contributed by atoms with Gasteiger partial charge in [-0.1, -0.05) is 6.07 Å². The van der Waals surface area contributed by atoms with Crippen LogP contribution in [-0.2, 0) is 4.79 Å². The molecule has 1 aromatic carbocycles. The predicted molar refractivity (Wildman–Crippen MR) is 80.1 cm³/mol. The molecule has 0 spiro atoms. The molecular formula is C14H20N2O2S. The first-order valence-corrected chi connectivity index (χ1v) is 7.60. The topological polar surface area (TPSA) is 50.4 Å². The largest absolute Gasteiger partial charge is 0.495 e. The number of ether oxygens (including phenoxy) is 1. The van der Waals surface area contributed by atoms with E-state index in [2.05, 4.69) is 10.6 Å². The summed E-state index contributed by atoms with van der Waals surface area (Å²) in [4.78, 5) is 12.0. The summed E-state index contributed by atoms with van der Waals surface area (Å²) >= 11 is 1.89. The fraction of sp³-hybridized carbons (Fsp3) is 0.500. The molecule has 1 unspecified atom stereocenters. The molecule has 0 aromatic heterocycles. The molecule has 5 heteroatoms. The predicted octanol–water partition coefficient (Wildman–Crippen LogP) is 2.04. The van der Waals surface area contributed by atoms with E-state index < -0.39 is 0 Å². The number of hydrogen-bond acceptors (Lipinski definition) is 4. The van der Waals surface area contributed by atoms with E-state index in [-0.39, 0.29) is 11.9 Å². The Hall–Kier alpha value is -1.20. The van der Waals surface area contributed by atoms with E-state index in [1.165, 1.54) is 0 Å². The van der Waals surface area contributed by atoms with Crippen LogP contribution in [0.1, 0.15) is 12.0 Å². The van der Waals surface area contributed by atoms with Crippen LogP contribution in [0.4, 0.5) is 5.69 Å². The summed E-state index contributed by atoms with van der Waals surface area (Å²) in [6.45, 7) is 2.98. The summed E-state index contributed by atoms with van der Waals surface area (Å²) in [5.74, 6) is 2.86. The van der Waals surface area contributed by atoms with Crippen molar-refractivity contribution in [2.45, 2.75) is 19.4 Å². The minimum Gasteiger partial charge on any atom is -0.495 e. The number of nitrogens with one attached hydrogen (secondary N) is 2. The van der Waals surface area contributed by atoms with Crippen LogP contribution in [0.5, 0.6) is 5.75 Å². The summed E-state index contributed by atoms with van der Waals surface area (Å²) in [7, 11) is 1.61. The Morgan fingerprint density at radius 2 is 2.42 bits per heavy atom. The van der Waals surface area contributed by atoms with Crippen LogP contribution in [0.15, 0.2) is 18.2 Å². The highest BCUT2D eigenvalue weighted by Gasteiger charge is 2.17. The van der Waals surface area contributed by atoms with Gasteiger partial charge >= 0.3 is 0 Å². The maximum Gasteiger partial charge on any atom is 0.226 e. The van der Waals surface area contributed by atoms with Crippen LogP contribution < -0.4 is 15.4 Å². The standard InChI is InChI=1S/C14H20N2O2S/c1-10-3-4-12(13(7-10)18-2)16-14(17)8-11-9-19-6-5-15-11/h3-4,7,11,15H,5-6,8-9H2,1-2H3,(H,16,17). The van der Waals surface area contributed by atoms with E-state index in [1.54, 1.807) is 7.11 Å². The number of carbonyl (C=O) groups is 1. The van der Waals surface area contributed by atoms with Gasteiger partial charge in [-0.25, -0.2) is 0 Å². The zero-order valence-electron chi connectivity index (χ0n) is 11.4. The molecule has 0 aliphatic carbocycles. The van der Waals surface area contributed by atoms with Crippen molar-refractivity contribution in [2.75, 3.05) is 30.5 Å². The van der Waals surface area contributed by atoms with Crippen molar-refractivity contribution in [3.05, 3.63) is 23.8 Å². The zero-order chi connectivity index (χ0) is 13.7. The van der Waals surface area contributed by atoms with Gasteiger partial charge in [-0.2, -0.15) is 11.8 Å². The van der Waals surface area contributed by atoms with Crippen molar-refractivity contribution in [2.24, 2.45) is 0 Å². The summed E-state index contributed by atoms with van der Waals surface area (Å²) in [6.07, 6.45) is 0.504. The second-order valence-electron chi connectivity index (χ2n) is 4.68. The fourth-order valence-electron chi connectivity index (χ4n) is 2.08. The molecule has 0 radical (unpaired) electrons. The number of aryl methyl sites for hydroxylation is 1. The highest BCUT2D eigenvalue weighted by molar-refractivity contribution is 7.99. The number of rotatable bonds is 4. The van der Waals surface area contributed by atoms with Gasteiger partial charge in [0.2, 0.25) is 5.91 Å². The number of anilines is 1. The molecule has 1 aromatic rings. The summed E-state index contributed by atoms with van der Waals surface area (Å²) in [6, 6.07) is 6.04. The first-order valence-electron chi connectivity index (χ1n) is 6.44. The van der Waals surface area contributed by atoms with Crippen LogP contribution in [0.2, 0.25) is 0 Å². The van der Waals surface area contributed by atoms with E-state index in [0.29, 0.717) is 12.2 Å². The van der Waals surface area contributed by atoms with E-state index in [1.807, 2.05) is 36.9 Å². The Morgan fingerprint density at radius 1 is 1.58 bits per heavy atom. The Balaban J connectivity index is 1.94. The number of methoxy groups -OCH3 is 1. The smallest absolute Gasteiger partial charge is 0.226 e. The normalized spacial score (nSPS) is 18.9. The molecule has 1 amide bonds. The van der Waals surface area contributed by atoms with Crippen molar-refractivity contribution in [1.82, 2.24) is 5.32 Å². The van der Waals surface area contributed by atoms with Crippen molar-refractivity contribution in [3.8, 4) is 5.75 Å². The summed E-state index contributed by atoms with van der Waals surface area (Å²) < 4.78 is 5.28. The second-order valence-corrected chi connectivity index (χ2v) is 5.83. The number of hydrogen-bond donors (Lipinski definition) is 2. The van der Waals surface area contributed by atoms with Gasteiger partial charge in [0, 0.05) is 30.5 Å². The Kier molecular flexibility index (Phi) is 5.10. The lowest BCUT2D eigenvalue weighted by Gasteiger charge is -2.22. The van der Waals surface area contributed by atoms with Gasteiger partial charge < -0.3 is 15.4 Å². The van der Waals surface area contributed by atoms with Gasteiger partial charge in [-0.3, -0.25) is 4.79 Å². The van der Waals surface area contributed by atoms with Crippen LogP contribution in [0.3, 0.4) is 0 Å². The third-order valence-corrected chi connectivity index (χ3v) is 4.19. The van der Waals surface area contributed by atoms with E-state index >= 15 is 0 Å². The Labute approximate surface area is 118 Å². The maximum absolute atomic E-state index is 12.0. The molecule has 1 aliphatic rings. The quantitative estimate of drug-likeness (QED) is 0.886. The van der Waals surface area contributed by atoms with Gasteiger partial charge in [-0.05, 0) is 24.6 Å². The maximum atomic E-state index is 12.0. The van der Waals surface area contributed by atoms with Gasteiger partial charge in [0.1, 0.15) is 5.75 Å². The Bertz CT molecular complexity index is 445. The molecule has 104 valence electrons. The van der Waals surface area contributed by atoms with Gasteiger partial charge in [0.25, 0.3) is 0 Å². The summed E-state index contributed by atoms with van der Waals surface area (Å²) in [5, 5.41) is 6.28. The lowest BCUT2D eigenvalue weighted by Crippen LogP contribution is -2.39. The molecule has 2 rings (SSSR count). The number of benzene rings is 1. The molecule has 1 heterocycles. The van der Waals surface area contributed by atoms with Gasteiger partial charge in [-0.15, -0.1) is 0 Å². The number of carbonyl (C=O) groups excluding carboxylic acids is 1. The lowest BCUT2D eigenvalue weighted by atomic mass is 10.2. The van der Waals surface area contributed by atoms with Gasteiger partial charge in [0.15, 0.2) is 0 Å². The molecule has 19 heavy (non-hydrogen) atoms. The van der Waals surface area contributed by atoms with Crippen molar-refractivity contribution < 1.29 is 9.53 Å². The third kappa shape index (κ3) is 4.14. The Morgan fingerprint density at radius 3 is 3.11 bits per heavy atom. The van der Waals surface area contributed by atoms with Crippen LogP contribution in [0, 0.1) is 6.92 Å². The SMILES string of the molecule is COc1cc(C)ccc1NC(=O)CC1CSCCN1. The van der Waals surface area contributed by atoms with E-state index in [0.717, 1.165) is 29.3 Å². The van der Waals surface area contributed by atoms with Crippen LogP contribution >= 0.6 is 11.8 Å².